The molecule has 0 saturated heterocycles. The van der Waals surface area contributed by atoms with Crippen LogP contribution >= 0.6 is 0 Å². The number of rotatable bonds is 3. The normalized spacial score (nSPS) is 16.5. The Morgan fingerprint density at radius 3 is 2.53 bits per heavy atom. The molecule has 8 heteroatoms. The van der Waals surface area contributed by atoms with Crippen LogP contribution in [0.3, 0.4) is 0 Å². The highest BCUT2D eigenvalue weighted by molar-refractivity contribution is 6.09. The van der Waals surface area contributed by atoms with Crippen molar-refractivity contribution in [1.29, 1.82) is 0 Å². The van der Waals surface area contributed by atoms with Gasteiger partial charge in [0.2, 0.25) is 5.91 Å². The Morgan fingerprint density at radius 2 is 1.88 bits per heavy atom. The third-order valence-electron chi connectivity index (χ3n) is 5.49. The Labute approximate surface area is 183 Å². The van der Waals surface area contributed by atoms with Crippen LogP contribution in [0.25, 0.3) is 11.3 Å². The molecule has 0 atom stereocenters. The Bertz CT molecular complexity index is 1250. The van der Waals surface area contributed by atoms with Crippen molar-refractivity contribution in [2.75, 3.05) is 11.4 Å². The number of carbonyl (C=O) groups is 2. The molecule has 0 bridgehead atoms. The van der Waals surface area contributed by atoms with Gasteiger partial charge in [-0.05, 0) is 49.7 Å². The lowest BCUT2D eigenvalue weighted by Gasteiger charge is -2.23. The van der Waals surface area contributed by atoms with Crippen LogP contribution in [0.5, 0.6) is 0 Å². The number of para-hydroxylation sites is 1. The maximum Gasteiger partial charge on any atom is 0.275 e. The number of nitrogens with two attached hydrogens (primary N) is 1. The minimum Gasteiger partial charge on any atom is -0.366 e. The molecule has 164 valence electrons. The fourth-order valence-electron chi connectivity index (χ4n) is 3.91. The van der Waals surface area contributed by atoms with Crippen LogP contribution in [0.1, 0.15) is 33.6 Å². The first-order valence-corrected chi connectivity index (χ1v) is 10.1. The fraction of sp³-hybridized carbons (Fsp3) is 0.208. The van der Waals surface area contributed by atoms with Crippen molar-refractivity contribution in [2.45, 2.75) is 26.2 Å². The molecule has 0 unspecified atom stereocenters. The zero-order valence-electron chi connectivity index (χ0n) is 17.7. The molecule has 32 heavy (non-hydrogen) atoms. The van der Waals surface area contributed by atoms with Crippen LogP contribution in [-0.4, -0.2) is 34.1 Å². The largest absolute Gasteiger partial charge is 0.366 e. The van der Waals surface area contributed by atoms with Crippen LogP contribution < -0.4 is 10.6 Å². The number of aryl methyl sites for hydroxylation is 2. The zero-order valence-corrected chi connectivity index (χ0v) is 17.7. The van der Waals surface area contributed by atoms with E-state index < -0.39 is 29.7 Å². The predicted molar refractivity (Wildman–Crippen MR) is 118 cm³/mol. The van der Waals surface area contributed by atoms with Crippen molar-refractivity contribution in [2.24, 2.45) is 5.73 Å². The summed E-state index contributed by atoms with van der Waals surface area (Å²) >= 11 is 0. The van der Waals surface area contributed by atoms with E-state index in [1.165, 1.54) is 11.0 Å². The molecule has 2 heterocycles. The summed E-state index contributed by atoms with van der Waals surface area (Å²) in [5, 5.41) is 4.37. The number of carbonyl (C=O) groups excluding carboxylic acids is 2. The molecule has 0 saturated carbocycles. The van der Waals surface area contributed by atoms with Gasteiger partial charge in [-0.3, -0.25) is 9.59 Å². The highest BCUT2D eigenvalue weighted by Gasteiger charge is 2.41. The lowest BCUT2D eigenvalue weighted by Crippen LogP contribution is -2.33. The summed E-state index contributed by atoms with van der Waals surface area (Å²) in [6.07, 6.45) is 1.94. The van der Waals surface area contributed by atoms with Gasteiger partial charge in [0.15, 0.2) is 0 Å². The molecule has 2 N–H and O–H groups in total. The first-order chi connectivity index (χ1) is 15.2. The van der Waals surface area contributed by atoms with E-state index in [1.807, 2.05) is 25.3 Å². The number of benzene rings is 2. The minimum absolute atomic E-state index is 0.114. The van der Waals surface area contributed by atoms with Crippen LogP contribution in [0.2, 0.25) is 0 Å². The van der Waals surface area contributed by atoms with E-state index in [0.717, 1.165) is 17.5 Å². The van der Waals surface area contributed by atoms with Gasteiger partial charge in [0, 0.05) is 41.9 Å². The number of hydrogen-bond acceptors (Lipinski definition) is 3. The number of nitrogens with zero attached hydrogens (tertiary/aromatic N) is 3. The maximum atomic E-state index is 14.9. The second kappa shape index (κ2) is 8.03. The number of amides is 2. The summed E-state index contributed by atoms with van der Waals surface area (Å²) in [7, 11) is 0. The highest BCUT2D eigenvalue weighted by Crippen LogP contribution is 2.43. The van der Waals surface area contributed by atoms with Gasteiger partial charge < -0.3 is 10.6 Å². The molecule has 0 fully saturated rings. The average molecular weight is 436 g/mol. The van der Waals surface area contributed by atoms with Gasteiger partial charge in [0.25, 0.3) is 11.8 Å². The Kier molecular flexibility index (Phi) is 5.38. The Balaban J connectivity index is 1.76. The summed E-state index contributed by atoms with van der Waals surface area (Å²) < 4.78 is 31.5. The molecule has 0 spiro atoms. The van der Waals surface area contributed by atoms with Crippen LogP contribution in [-0.2, 0) is 4.79 Å². The number of fused-ring (bicyclic) bond motifs is 1. The molecule has 3 aromatic rings. The van der Waals surface area contributed by atoms with Gasteiger partial charge in [-0.2, -0.15) is 5.10 Å². The molecule has 0 aliphatic carbocycles. The number of halogens is 2. The first-order valence-electron chi connectivity index (χ1n) is 10.1. The van der Waals surface area contributed by atoms with E-state index in [4.69, 9.17) is 5.73 Å². The summed E-state index contributed by atoms with van der Waals surface area (Å²) in [6.45, 7) is 3.47. The SMILES string of the molecule is Cc1ccn(-c2ccc(C(=O)N3CCC(F)(F)/C(=C\C(N)=O)c4ccccc43)c(C)c2)n1. The molecule has 2 aromatic carbocycles. The topological polar surface area (TPSA) is 81.2 Å². The van der Waals surface area contributed by atoms with Gasteiger partial charge in [0.1, 0.15) is 0 Å². The molecule has 4 rings (SSSR count). The molecule has 1 aliphatic heterocycles. The first kappa shape index (κ1) is 21.4. The van der Waals surface area contributed by atoms with E-state index >= 15 is 0 Å². The molecular weight excluding hydrogens is 414 g/mol. The Hall–Kier alpha value is -3.81. The number of aromatic nitrogens is 2. The van der Waals surface area contributed by atoms with Crippen molar-refractivity contribution in [3.8, 4) is 5.69 Å². The fourth-order valence-corrected chi connectivity index (χ4v) is 3.91. The van der Waals surface area contributed by atoms with Gasteiger partial charge >= 0.3 is 0 Å². The van der Waals surface area contributed by atoms with E-state index in [9.17, 15) is 18.4 Å². The van der Waals surface area contributed by atoms with Gasteiger partial charge in [-0.15, -0.1) is 0 Å². The van der Waals surface area contributed by atoms with Crippen LogP contribution in [0, 0.1) is 13.8 Å². The zero-order chi connectivity index (χ0) is 23.0. The van der Waals surface area contributed by atoms with Gasteiger partial charge in [-0.1, -0.05) is 18.2 Å². The molecule has 2 amide bonds. The van der Waals surface area contributed by atoms with E-state index in [0.29, 0.717) is 16.8 Å². The molecule has 1 aromatic heterocycles. The number of hydrogen-bond donors (Lipinski definition) is 1. The highest BCUT2D eigenvalue weighted by atomic mass is 19.3. The van der Waals surface area contributed by atoms with Crippen molar-refractivity contribution in [1.82, 2.24) is 9.78 Å². The lowest BCUT2D eigenvalue weighted by molar-refractivity contribution is -0.113. The smallest absolute Gasteiger partial charge is 0.275 e. The number of primary amides is 1. The van der Waals surface area contributed by atoms with Gasteiger partial charge in [0.05, 0.1) is 17.1 Å². The predicted octanol–water partition coefficient (Wildman–Crippen LogP) is 4.04. The number of alkyl halides is 2. The van der Waals surface area contributed by atoms with Crippen LogP contribution in [0.4, 0.5) is 14.5 Å². The summed E-state index contributed by atoms with van der Waals surface area (Å²) in [4.78, 5) is 26.2. The van der Waals surface area contributed by atoms with Gasteiger partial charge in [-0.25, -0.2) is 13.5 Å². The summed E-state index contributed by atoms with van der Waals surface area (Å²) in [5.74, 6) is -4.67. The number of allylic oxidation sites excluding steroid dienone is 1. The second-order valence-electron chi connectivity index (χ2n) is 7.79. The van der Waals surface area contributed by atoms with E-state index in [2.05, 4.69) is 5.10 Å². The standard InChI is InChI=1S/C24H22F2N4O2/c1-15-13-17(30-11-9-16(2)28-30)7-8-18(15)23(32)29-12-10-24(25,26)20(14-22(27)31)19-5-3-4-6-21(19)29/h3-9,11,13-14H,10,12H2,1-2H3,(H2,27,31)/b20-14-. The third-order valence-corrected chi connectivity index (χ3v) is 5.49. The molecule has 6 nitrogen and oxygen atoms in total. The second-order valence-corrected chi connectivity index (χ2v) is 7.79. The monoisotopic (exact) mass is 436 g/mol. The van der Waals surface area contributed by atoms with Crippen molar-refractivity contribution in [3.05, 3.63) is 83.2 Å². The maximum absolute atomic E-state index is 14.9. The number of anilines is 1. The molecular formula is C24H22F2N4O2. The van der Waals surface area contributed by atoms with E-state index in [-0.39, 0.29) is 12.1 Å². The van der Waals surface area contributed by atoms with E-state index in [1.54, 1.807) is 41.9 Å². The average Bonchev–Trinajstić information content (AvgIpc) is 3.14. The summed E-state index contributed by atoms with van der Waals surface area (Å²) in [6, 6.07) is 13.5. The quantitative estimate of drug-likeness (QED) is 0.629. The van der Waals surface area contributed by atoms with Crippen molar-refractivity contribution in [3.63, 3.8) is 0 Å². The minimum atomic E-state index is -3.31. The molecule has 1 aliphatic rings. The summed E-state index contributed by atoms with van der Waals surface area (Å²) in [5.41, 5.74) is 7.89. The Morgan fingerprint density at radius 1 is 1.12 bits per heavy atom. The van der Waals surface area contributed by atoms with Crippen LogP contribution in [0.15, 0.2) is 60.8 Å². The van der Waals surface area contributed by atoms with Crippen molar-refractivity contribution >= 4 is 23.1 Å². The lowest BCUT2D eigenvalue weighted by atomic mass is 9.97. The molecule has 0 radical (unpaired) electrons. The third kappa shape index (κ3) is 3.91. The van der Waals surface area contributed by atoms with Crippen molar-refractivity contribution < 1.29 is 18.4 Å².